The Bertz CT molecular complexity index is 363. The molecule has 0 fully saturated rings. The van der Waals surface area contributed by atoms with Crippen molar-refractivity contribution < 1.29 is 14.2 Å². The summed E-state index contributed by atoms with van der Waals surface area (Å²) in [6.07, 6.45) is 1.45. The summed E-state index contributed by atoms with van der Waals surface area (Å²) in [5.41, 5.74) is 0.602. The van der Waals surface area contributed by atoms with Crippen molar-refractivity contribution in [2.45, 2.75) is 25.9 Å². The molecule has 3 nitrogen and oxygen atoms in total. The predicted molar refractivity (Wildman–Crippen MR) is 71.6 cm³/mol. The third-order valence-corrected chi connectivity index (χ3v) is 2.72. The molecule has 1 aromatic rings. The number of halogens is 2. The van der Waals surface area contributed by atoms with Gasteiger partial charge in [0.25, 0.3) is 0 Å². The molecule has 1 atom stereocenters. The van der Waals surface area contributed by atoms with Gasteiger partial charge >= 0.3 is 0 Å². The molecule has 0 aromatic heterocycles. The van der Waals surface area contributed by atoms with E-state index in [0.717, 1.165) is 12.8 Å². The molecule has 0 saturated carbocycles. The molecule has 0 aliphatic rings. The first-order valence-electron chi connectivity index (χ1n) is 6.08. The number of aliphatic hydroxyl groups excluding tert-OH is 1. The molecule has 0 aliphatic carbocycles. The zero-order chi connectivity index (χ0) is 13.4. The second kappa shape index (κ2) is 8.29. The van der Waals surface area contributed by atoms with Crippen molar-refractivity contribution in [2.75, 3.05) is 25.1 Å². The van der Waals surface area contributed by atoms with Gasteiger partial charge in [-0.3, -0.25) is 0 Å². The Labute approximate surface area is 112 Å². The van der Waals surface area contributed by atoms with Crippen LogP contribution in [0.3, 0.4) is 0 Å². The summed E-state index contributed by atoms with van der Waals surface area (Å²) in [6.45, 7) is 3.34. The van der Waals surface area contributed by atoms with Crippen molar-refractivity contribution in [2.24, 2.45) is 0 Å². The highest BCUT2D eigenvalue weighted by molar-refractivity contribution is 6.33. The zero-order valence-corrected chi connectivity index (χ0v) is 11.2. The molecule has 0 aliphatic heterocycles. The van der Waals surface area contributed by atoms with Crippen LogP contribution in [0, 0.1) is 5.82 Å². The molecule has 1 unspecified atom stereocenters. The first kappa shape index (κ1) is 15.2. The lowest BCUT2D eigenvalue weighted by atomic mass is 10.3. The van der Waals surface area contributed by atoms with Gasteiger partial charge in [-0.2, -0.15) is 0 Å². The summed E-state index contributed by atoms with van der Waals surface area (Å²) in [6, 6.07) is 4.09. The van der Waals surface area contributed by atoms with Gasteiger partial charge in [0, 0.05) is 13.2 Å². The zero-order valence-electron chi connectivity index (χ0n) is 10.5. The first-order chi connectivity index (χ1) is 8.63. The van der Waals surface area contributed by atoms with Crippen LogP contribution in [0.25, 0.3) is 0 Å². The van der Waals surface area contributed by atoms with E-state index in [2.05, 4.69) is 12.2 Å². The first-order valence-corrected chi connectivity index (χ1v) is 6.46. The minimum Gasteiger partial charge on any atom is -0.389 e. The Morgan fingerprint density at radius 2 is 2.28 bits per heavy atom. The van der Waals surface area contributed by atoms with Crippen molar-refractivity contribution in [1.82, 2.24) is 0 Å². The van der Waals surface area contributed by atoms with Crippen molar-refractivity contribution in [1.29, 1.82) is 0 Å². The summed E-state index contributed by atoms with van der Waals surface area (Å²) in [7, 11) is 0. The van der Waals surface area contributed by atoms with Gasteiger partial charge in [0.05, 0.1) is 23.4 Å². The minimum atomic E-state index is -0.608. The molecule has 102 valence electrons. The molecule has 18 heavy (non-hydrogen) atoms. The lowest BCUT2D eigenvalue weighted by molar-refractivity contribution is 0.0422. The molecular formula is C13H19ClFNO2. The third-order valence-electron chi connectivity index (χ3n) is 2.41. The quantitative estimate of drug-likeness (QED) is 0.717. The summed E-state index contributed by atoms with van der Waals surface area (Å²) in [5, 5.41) is 12.9. The smallest absolute Gasteiger partial charge is 0.124 e. The molecule has 2 N–H and O–H groups in total. The maximum Gasteiger partial charge on any atom is 0.124 e. The van der Waals surface area contributed by atoms with Gasteiger partial charge in [-0.1, -0.05) is 24.9 Å². The predicted octanol–water partition coefficient (Wildman–Crippen LogP) is 3.07. The summed E-state index contributed by atoms with van der Waals surface area (Å²) >= 11 is 5.84. The Balaban J connectivity index is 2.27. The highest BCUT2D eigenvalue weighted by atomic mass is 35.5. The van der Waals surface area contributed by atoms with Crippen molar-refractivity contribution in [3.05, 3.63) is 29.0 Å². The second-order valence-electron chi connectivity index (χ2n) is 4.09. The molecule has 5 heteroatoms. The van der Waals surface area contributed by atoms with E-state index < -0.39 is 6.10 Å². The lowest BCUT2D eigenvalue weighted by Crippen LogP contribution is -2.25. The van der Waals surface area contributed by atoms with E-state index in [1.807, 2.05) is 0 Å². The van der Waals surface area contributed by atoms with Crippen LogP contribution in [0.5, 0.6) is 0 Å². The number of anilines is 1. The Morgan fingerprint density at radius 3 is 2.94 bits per heavy atom. The van der Waals surface area contributed by atoms with Crippen LogP contribution in [0.1, 0.15) is 19.8 Å². The average molecular weight is 276 g/mol. The highest BCUT2D eigenvalue weighted by Crippen LogP contribution is 2.22. The average Bonchev–Trinajstić information content (AvgIpc) is 2.33. The fourth-order valence-corrected chi connectivity index (χ4v) is 1.62. The summed E-state index contributed by atoms with van der Waals surface area (Å²) < 4.78 is 18.1. The van der Waals surface area contributed by atoms with Crippen LogP contribution in [-0.2, 0) is 4.74 Å². The van der Waals surface area contributed by atoms with Gasteiger partial charge in [0.2, 0.25) is 0 Å². The molecule has 0 heterocycles. The molecule has 0 spiro atoms. The molecule has 0 amide bonds. The van der Waals surface area contributed by atoms with Gasteiger partial charge < -0.3 is 15.2 Å². The van der Waals surface area contributed by atoms with Crippen molar-refractivity contribution >= 4 is 17.3 Å². The molecule has 0 bridgehead atoms. The van der Waals surface area contributed by atoms with Crippen molar-refractivity contribution in [3.63, 3.8) is 0 Å². The van der Waals surface area contributed by atoms with Crippen LogP contribution < -0.4 is 5.32 Å². The lowest BCUT2D eigenvalue weighted by Gasteiger charge is -2.14. The third kappa shape index (κ3) is 5.67. The number of rotatable bonds is 8. The van der Waals surface area contributed by atoms with E-state index in [9.17, 15) is 9.50 Å². The van der Waals surface area contributed by atoms with E-state index in [1.165, 1.54) is 12.1 Å². The fourth-order valence-electron chi connectivity index (χ4n) is 1.39. The number of hydrogen-bond acceptors (Lipinski definition) is 3. The molecule has 0 radical (unpaired) electrons. The highest BCUT2D eigenvalue weighted by Gasteiger charge is 2.06. The van der Waals surface area contributed by atoms with E-state index in [1.54, 1.807) is 6.07 Å². The Morgan fingerprint density at radius 1 is 1.50 bits per heavy atom. The number of benzene rings is 1. The number of unbranched alkanes of at least 4 members (excludes halogenated alkanes) is 1. The van der Waals surface area contributed by atoms with Crippen molar-refractivity contribution in [3.8, 4) is 0 Å². The Kier molecular flexibility index (Phi) is 7.01. The van der Waals surface area contributed by atoms with Gasteiger partial charge in [-0.05, 0) is 24.6 Å². The van der Waals surface area contributed by atoms with E-state index in [-0.39, 0.29) is 12.4 Å². The van der Waals surface area contributed by atoms with Gasteiger partial charge in [0.15, 0.2) is 0 Å². The maximum atomic E-state index is 12.8. The van der Waals surface area contributed by atoms with Crippen LogP contribution in [0.15, 0.2) is 18.2 Å². The number of ether oxygens (including phenoxy) is 1. The van der Waals surface area contributed by atoms with Crippen LogP contribution in [0.4, 0.5) is 10.1 Å². The standard InChI is InChI=1S/C13H19ClFNO2/c1-2-3-6-18-9-11(17)8-16-13-5-4-10(15)7-12(13)14/h4-5,7,11,16-17H,2-3,6,8-9H2,1H3. The second-order valence-corrected chi connectivity index (χ2v) is 4.49. The summed E-state index contributed by atoms with van der Waals surface area (Å²) in [5.74, 6) is -0.381. The fraction of sp³-hybridized carbons (Fsp3) is 0.538. The largest absolute Gasteiger partial charge is 0.389 e. The normalized spacial score (nSPS) is 12.4. The molecule has 1 rings (SSSR count). The Hall–Kier alpha value is -0.840. The number of aliphatic hydroxyl groups is 1. The maximum absolute atomic E-state index is 12.8. The molecule has 0 saturated heterocycles. The number of nitrogens with one attached hydrogen (secondary N) is 1. The monoisotopic (exact) mass is 275 g/mol. The van der Waals surface area contributed by atoms with Crippen LogP contribution >= 0.6 is 11.6 Å². The van der Waals surface area contributed by atoms with Crippen LogP contribution in [-0.4, -0.2) is 31.0 Å². The number of hydrogen-bond donors (Lipinski definition) is 2. The molecular weight excluding hydrogens is 257 g/mol. The minimum absolute atomic E-state index is 0.284. The topological polar surface area (TPSA) is 41.5 Å². The summed E-state index contributed by atoms with van der Waals surface area (Å²) in [4.78, 5) is 0. The van der Waals surface area contributed by atoms with E-state index in [0.29, 0.717) is 23.9 Å². The SMILES string of the molecule is CCCCOCC(O)CNc1ccc(F)cc1Cl. The molecule has 1 aromatic carbocycles. The van der Waals surface area contributed by atoms with E-state index in [4.69, 9.17) is 16.3 Å². The van der Waals surface area contributed by atoms with Gasteiger partial charge in [-0.25, -0.2) is 4.39 Å². The van der Waals surface area contributed by atoms with Gasteiger partial charge in [0.1, 0.15) is 5.82 Å². The van der Waals surface area contributed by atoms with E-state index >= 15 is 0 Å². The van der Waals surface area contributed by atoms with Crippen LogP contribution in [0.2, 0.25) is 5.02 Å². The van der Waals surface area contributed by atoms with Gasteiger partial charge in [-0.15, -0.1) is 0 Å².